The number of benzene rings is 1. The number of nitrogens with two attached hydrogens (primary N) is 1. The van der Waals surface area contributed by atoms with Gasteiger partial charge in [-0.25, -0.2) is 9.67 Å². The molecule has 5 heteroatoms. The molecule has 84 valence electrons. The Morgan fingerprint density at radius 1 is 1.18 bits per heavy atom. The number of aromatic nitrogens is 3. The predicted octanol–water partition coefficient (Wildman–Crippen LogP) is 2.66. The lowest BCUT2D eigenvalue weighted by atomic mass is 10.2. The molecule has 0 aliphatic heterocycles. The molecule has 0 saturated heterocycles. The number of hydrogen-bond donors (Lipinski definition) is 1. The Bertz CT molecular complexity index is 690. The summed E-state index contributed by atoms with van der Waals surface area (Å²) in [6, 6.07) is 9.54. The molecule has 0 saturated carbocycles. The van der Waals surface area contributed by atoms with Crippen LogP contribution < -0.4 is 5.73 Å². The predicted molar refractivity (Wildman–Crippen MR) is 68.3 cm³/mol. The molecule has 0 fully saturated rings. The van der Waals surface area contributed by atoms with Crippen molar-refractivity contribution in [3.8, 4) is 5.82 Å². The van der Waals surface area contributed by atoms with Crippen LogP contribution in [-0.2, 0) is 0 Å². The highest BCUT2D eigenvalue weighted by molar-refractivity contribution is 6.32. The molecule has 0 aliphatic carbocycles. The van der Waals surface area contributed by atoms with Gasteiger partial charge in [-0.05, 0) is 12.1 Å². The van der Waals surface area contributed by atoms with Crippen LogP contribution in [0.15, 0.2) is 42.7 Å². The molecule has 2 N–H and O–H groups in total. The van der Waals surface area contributed by atoms with Crippen molar-refractivity contribution in [3.63, 3.8) is 0 Å². The molecule has 2 heterocycles. The molecule has 3 rings (SSSR count). The molecule has 0 amide bonds. The van der Waals surface area contributed by atoms with Crippen LogP contribution in [0, 0.1) is 0 Å². The van der Waals surface area contributed by atoms with Crippen LogP contribution in [0.2, 0.25) is 5.02 Å². The lowest BCUT2D eigenvalue weighted by Crippen LogP contribution is -2.01. The molecule has 1 aromatic carbocycles. The number of pyridine rings is 1. The molecular weight excluding hydrogens is 236 g/mol. The van der Waals surface area contributed by atoms with Gasteiger partial charge in [-0.3, -0.25) is 0 Å². The van der Waals surface area contributed by atoms with Crippen molar-refractivity contribution in [2.24, 2.45) is 0 Å². The molecule has 0 unspecified atom stereocenters. The lowest BCUT2D eigenvalue weighted by Gasteiger charge is -2.05. The minimum atomic E-state index is 0.485. The number of para-hydroxylation sites is 1. The number of rotatable bonds is 1. The van der Waals surface area contributed by atoms with E-state index in [0.29, 0.717) is 16.5 Å². The number of halogens is 1. The van der Waals surface area contributed by atoms with Gasteiger partial charge >= 0.3 is 0 Å². The van der Waals surface area contributed by atoms with E-state index in [-0.39, 0.29) is 0 Å². The Balaban J connectivity index is 2.27. The minimum Gasteiger partial charge on any atom is -0.397 e. The van der Waals surface area contributed by atoms with Crippen molar-refractivity contribution < 1.29 is 0 Å². The maximum atomic E-state index is 6.12. The van der Waals surface area contributed by atoms with Gasteiger partial charge < -0.3 is 5.73 Å². The smallest absolute Gasteiger partial charge is 0.172 e. The highest BCUT2D eigenvalue weighted by atomic mass is 35.5. The zero-order chi connectivity index (χ0) is 11.8. The van der Waals surface area contributed by atoms with E-state index in [2.05, 4.69) is 10.1 Å². The standard InChI is InChI=1S/C12H9ClN4/c13-10-5-9(14)7-15-12(10)17-11-4-2-1-3-8(11)6-16-17/h1-7H,14H2. The summed E-state index contributed by atoms with van der Waals surface area (Å²) in [5.74, 6) is 0.585. The van der Waals surface area contributed by atoms with Gasteiger partial charge in [0.1, 0.15) is 0 Å². The van der Waals surface area contributed by atoms with Gasteiger partial charge in [-0.15, -0.1) is 0 Å². The Morgan fingerprint density at radius 2 is 2.00 bits per heavy atom. The van der Waals surface area contributed by atoms with Gasteiger partial charge in [0, 0.05) is 5.39 Å². The third kappa shape index (κ3) is 1.62. The van der Waals surface area contributed by atoms with Crippen LogP contribution in [0.5, 0.6) is 0 Å². The van der Waals surface area contributed by atoms with Crippen molar-refractivity contribution in [2.75, 3.05) is 5.73 Å². The quantitative estimate of drug-likeness (QED) is 0.716. The summed E-state index contributed by atoms with van der Waals surface area (Å²) < 4.78 is 1.71. The van der Waals surface area contributed by atoms with Crippen molar-refractivity contribution in [1.29, 1.82) is 0 Å². The monoisotopic (exact) mass is 244 g/mol. The first-order valence-corrected chi connectivity index (χ1v) is 5.47. The van der Waals surface area contributed by atoms with Gasteiger partial charge in [-0.2, -0.15) is 5.10 Å². The summed E-state index contributed by atoms with van der Waals surface area (Å²) in [7, 11) is 0. The summed E-state index contributed by atoms with van der Waals surface area (Å²) in [6.45, 7) is 0. The van der Waals surface area contributed by atoms with E-state index < -0.39 is 0 Å². The average Bonchev–Trinajstić information content (AvgIpc) is 2.73. The number of nitrogens with zero attached hydrogens (tertiary/aromatic N) is 3. The first-order chi connectivity index (χ1) is 8.25. The summed E-state index contributed by atoms with van der Waals surface area (Å²) in [5, 5.41) is 5.81. The number of hydrogen-bond acceptors (Lipinski definition) is 3. The van der Waals surface area contributed by atoms with Gasteiger partial charge in [-0.1, -0.05) is 29.8 Å². The fourth-order valence-corrected chi connectivity index (χ4v) is 2.00. The van der Waals surface area contributed by atoms with Gasteiger partial charge in [0.2, 0.25) is 0 Å². The zero-order valence-electron chi connectivity index (χ0n) is 8.84. The third-order valence-electron chi connectivity index (χ3n) is 2.52. The van der Waals surface area contributed by atoms with Crippen molar-refractivity contribution in [1.82, 2.24) is 14.8 Å². The van der Waals surface area contributed by atoms with Crippen molar-refractivity contribution in [3.05, 3.63) is 47.7 Å². The zero-order valence-corrected chi connectivity index (χ0v) is 9.59. The normalized spacial score (nSPS) is 10.9. The average molecular weight is 245 g/mol. The SMILES string of the molecule is Nc1cnc(-n2ncc3ccccc32)c(Cl)c1. The van der Waals surface area contributed by atoms with E-state index >= 15 is 0 Å². The van der Waals surface area contributed by atoms with Crippen molar-refractivity contribution >= 4 is 28.2 Å². The maximum absolute atomic E-state index is 6.12. The number of fused-ring (bicyclic) bond motifs is 1. The Kier molecular flexibility index (Phi) is 2.23. The van der Waals surface area contributed by atoms with Gasteiger partial charge in [0.05, 0.1) is 28.6 Å². The Hall–Kier alpha value is -2.07. The largest absolute Gasteiger partial charge is 0.397 e. The van der Waals surface area contributed by atoms with Crippen LogP contribution in [0.1, 0.15) is 0 Å². The molecule has 2 aromatic heterocycles. The van der Waals surface area contributed by atoms with E-state index in [9.17, 15) is 0 Å². The fourth-order valence-electron chi connectivity index (χ4n) is 1.74. The molecule has 0 spiro atoms. The topological polar surface area (TPSA) is 56.7 Å². The highest BCUT2D eigenvalue weighted by Crippen LogP contribution is 2.23. The molecular formula is C12H9ClN4. The number of anilines is 1. The van der Waals surface area contributed by atoms with Gasteiger partial charge in [0.25, 0.3) is 0 Å². The number of nitrogen functional groups attached to an aromatic ring is 1. The van der Waals surface area contributed by atoms with Crippen molar-refractivity contribution in [2.45, 2.75) is 0 Å². The second-order valence-corrected chi connectivity index (χ2v) is 4.10. The molecule has 0 atom stereocenters. The van der Waals surface area contributed by atoms with Crippen LogP contribution in [-0.4, -0.2) is 14.8 Å². The Labute approximate surface area is 103 Å². The third-order valence-corrected chi connectivity index (χ3v) is 2.80. The first kappa shape index (κ1) is 10.1. The van der Waals surface area contributed by atoms with Crippen LogP contribution in [0.25, 0.3) is 16.7 Å². The molecule has 0 aliphatic rings. The second-order valence-electron chi connectivity index (χ2n) is 3.69. The fraction of sp³-hybridized carbons (Fsp3) is 0. The Morgan fingerprint density at radius 3 is 2.82 bits per heavy atom. The molecule has 17 heavy (non-hydrogen) atoms. The molecule has 0 bridgehead atoms. The van der Waals surface area contributed by atoms with Gasteiger partial charge in [0.15, 0.2) is 5.82 Å². The van der Waals surface area contributed by atoms with Crippen LogP contribution >= 0.6 is 11.6 Å². The van der Waals surface area contributed by atoms with E-state index in [4.69, 9.17) is 17.3 Å². The summed E-state index contributed by atoms with van der Waals surface area (Å²) >= 11 is 6.12. The highest BCUT2D eigenvalue weighted by Gasteiger charge is 2.09. The maximum Gasteiger partial charge on any atom is 0.172 e. The van der Waals surface area contributed by atoms with Crippen LogP contribution in [0.4, 0.5) is 5.69 Å². The van der Waals surface area contributed by atoms with Crippen LogP contribution in [0.3, 0.4) is 0 Å². The summed E-state index contributed by atoms with van der Waals surface area (Å²) in [6.07, 6.45) is 3.35. The van der Waals surface area contributed by atoms with E-state index in [0.717, 1.165) is 10.9 Å². The minimum absolute atomic E-state index is 0.485. The second kappa shape index (κ2) is 3.75. The summed E-state index contributed by atoms with van der Waals surface area (Å²) in [4.78, 5) is 4.21. The van der Waals surface area contributed by atoms with E-state index in [1.165, 1.54) is 0 Å². The lowest BCUT2D eigenvalue weighted by molar-refractivity contribution is 0.875. The molecule has 4 nitrogen and oxygen atoms in total. The first-order valence-electron chi connectivity index (χ1n) is 5.10. The van der Waals surface area contributed by atoms with E-state index in [1.807, 2.05) is 24.3 Å². The van der Waals surface area contributed by atoms with E-state index in [1.54, 1.807) is 23.1 Å². The summed E-state index contributed by atoms with van der Waals surface area (Å²) in [5.41, 5.74) is 7.12. The molecule has 3 aromatic rings. The molecule has 0 radical (unpaired) electrons.